The first-order chi connectivity index (χ1) is 22.5. The largest absolute Gasteiger partial charge is 0.490 e. The number of sulfonamides is 1. The number of hydrogen-bond donors (Lipinski definition) is 2. The normalized spacial score (nSPS) is 32.5. The summed E-state index contributed by atoms with van der Waals surface area (Å²) in [5.74, 6) is -0.288. The van der Waals surface area contributed by atoms with E-state index >= 15 is 0 Å². The van der Waals surface area contributed by atoms with Crippen molar-refractivity contribution in [3.63, 3.8) is 0 Å². The third kappa shape index (κ3) is 5.85. The average molecular weight is 676 g/mol. The van der Waals surface area contributed by atoms with Crippen LogP contribution in [0, 0.1) is 17.8 Å². The summed E-state index contributed by atoms with van der Waals surface area (Å²) in [5, 5.41) is 12.3. The van der Waals surface area contributed by atoms with E-state index < -0.39 is 26.8 Å². The molecule has 248 valence electrons. The Hall–Kier alpha value is -3.40. The van der Waals surface area contributed by atoms with Gasteiger partial charge in [0.2, 0.25) is 10.0 Å². The first-order valence-corrected chi connectivity index (χ1v) is 18.6. The van der Waals surface area contributed by atoms with Crippen LogP contribution in [0.3, 0.4) is 0 Å². The molecule has 2 aromatic carbocycles. The summed E-state index contributed by atoms with van der Waals surface area (Å²) in [6.07, 6.45) is 10.5. The lowest BCUT2D eigenvalue weighted by Crippen LogP contribution is -2.51. The summed E-state index contributed by atoms with van der Waals surface area (Å²) >= 11 is 6.44. The molecule has 1 spiro atoms. The summed E-state index contributed by atoms with van der Waals surface area (Å²) in [5.41, 5.74) is 2.43. The number of nitrogens with one attached hydrogen (secondary N) is 1. The molecular weight excluding hydrogens is 634 g/mol. The highest BCUT2D eigenvalue weighted by atomic mass is 35.5. The van der Waals surface area contributed by atoms with Gasteiger partial charge in [0.15, 0.2) is 0 Å². The number of ether oxygens (including phenoxy) is 1. The van der Waals surface area contributed by atoms with Gasteiger partial charge < -0.3 is 14.7 Å². The van der Waals surface area contributed by atoms with Gasteiger partial charge in [0.1, 0.15) is 11.4 Å². The monoisotopic (exact) mass is 675 g/mol. The van der Waals surface area contributed by atoms with Crippen molar-refractivity contribution in [3.8, 4) is 5.75 Å². The van der Waals surface area contributed by atoms with Crippen LogP contribution < -0.4 is 14.4 Å². The topological polar surface area (TPSA) is 109 Å². The first-order valence-electron chi connectivity index (χ1n) is 16.7. The molecule has 3 aromatic rings. The lowest BCUT2D eigenvalue weighted by atomic mass is 9.63. The highest BCUT2D eigenvalue weighted by molar-refractivity contribution is 7.90. The SMILES string of the molecule is C[C@@H]1[C@@H](C)C/C=C/[C@](O)(c2ccccn2)[C@@H]2CC[C@H]2CN2C[C@@]3(CCCc4cc(Cl)ccc43)COc3ccc(cc32)C(=O)NS1(=O)=O. The predicted octanol–water partition coefficient (Wildman–Crippen LogP) is 6.17. The number of halogens is 1. The van der Waals surface area contributed by atoms with Gasteiger partial charge in [-0.2, -0.15) is 0 Å². The molecular formula is C37H42ClN3O5S. The van der Waals surface area contributed by atoms with Gasteiger partial charge in [-0.05, 0) is 111 Å². The third-order valence-electron chi connectivity index (χ3n) is 11.2. The van der Waals surface area contributed by atoms with E-state index in [1.165, 1.54) is 11.1 Å². The van der Waals surface area contributed by atoms with Crippen LogP contribution in [-0.4, -0.2) is 49.4 Å². The Morgan fingerprint density at radius 3 is 2.72 bits per heavy atom. The summed E-state index contributed by atoms with van der Waals surface area (Å²) in [4.78, 5) is 20.4. The number of anilines is 1. The van der Waals surface area contributed by atoms with Gasteiger partial charge in [-0.3, -0.25) is 9.78 Å². The number of rotatable bonds is 1. The third-order valence-corrected chi connectivity index (χ3v) is 13.4. The van der Waals surface area contributed by atoms with Gasteiger partial charge in [-0.1, -0.05) is 42.8 Å². The maximum absolute atomic E-state index is 13.5. The number of carbonyl (C=O) groups excluding carboxylic acids is 1. The molecule has 0 saturated heterocycles. The van der Waals surface area contributed by atoms with E-state index in [2.05, 4.69) is 26.7 Å². The second-order valence-electron chi connectivity index (χ2n) is 14.1. The molecule has 2 aliphatic carbocycles. The van der Waals surface area contributed by atoms with Crippen LogP contribution in [0.1, 0.15) is 73.1 Å². The van der Waals surface area contributed by atoms with Gasteiger partial charge in [0.05, 0.1) is 23.2 Å². The van der Waals surface area contributed by atoms with Gasteiger partial charge in [0, 0.05) is 41.2 Å². The maximum Gasteiger partial charge on any atom is 0.264 e. The molecule has 1 amide bonds. The van der Waals surface area contributed by atoms with E-state index in [9.17, 15) is 18.3 Å². The van der Waals surface area contributed by atoms with E-state index in [0.717, 1.165) is 42.8 Å². The van der Waals surface area contributed by atoms with Gasteiger partial charge in [-0.25, -0.2) is 13.1 Å². The van der Waals surface area contributed by atoms with Crippen molar-refractivity contribution in [1.29, 1.82) is 0 Å². The molecule has 1 aromatic heterocycles. The van der Waals surface area contributed by atoms with Crippen LogP contribution in [0.5, 0.6) is 5.75 Å². The summed E-state index contributed by atoms with van der Waals surface area (Å²) < 4.78 is 35.7. The Bertz CT molecular complexity index is 1820. The lowest BCUT2D eigenvalue weighted by molar-refractivity contribution is -0.0529. The van der Waals surface area contributed by atoms with Crippen molar-refractivity contribution in [2.45, 2.75) is 68.6 Å². The quantitative estimate of drug-likeness (QED) is 0.297. The average Bonchev–Trinajstić information content (AvgIpc) is 3.19. The molecule has 3 heterocycles. The lowest BCUT2D eigenvalue weighted by Gasteiger charge is -2.49. The van der Waals surface area contributed by atoms with Crippen LogP contribution in [0.25, 0.3) is 0 Å². The number of allylic oxidation sites excluding steroid dienone is 1. The van der Waals surface area contributed by atoms with Crippen LogP contribution in [0.4, 0.5) is 5.69 Å². The number of nitrogens with zero attached hydrogens (tertiary/aromatic N) is 2. The molecule has 2 N–H and O–H groups in total. The Morgan fingerprint density at radius 2 is 1.96 bits per heavy atom. The summed E-state index contributed by atoms with van der Waals surface area (Å²) in [6.45, 7) is 5.21. The molecule has 10 heteroatoms. The zero-order valence-electron chi connectivity index (χ0n) is 26.9. The standard InChI is InChI=1S/C37H42ClN3O5S/c1-24-7-5-17-37(43,34-9-3-4-18-39-34)31-13-10-28(31)21-41-22-36(16-6-8-26-19-29(38)12-14-30(26)36)23-46-33-15-11-27(20-32(33)41)35(42)40-47(44,45)25(24)2/h3-5,9,11-12,14-15,17-20,24-25,28,31,43H,6-8,10,13,16,21-23H2,1-2H3,(H,40,42)/b17-5+/t24-,25+,28-,31+,36-,37+/m0/s1. The molecule has 1 fully saturated rings. The molecule has 4 aliphatic rings. The minimum absolute atomic E-state index is 0.106. The number of aryl methyl sites for hydroxylation is 1. The minimum atomic E-state index is -3.99. The van der Waals surface area contributed by atoms with Crippen molar-refractivity contribution in [2.75, 3.05) is 24.6 Å². The van der Waals surface area contributed by atoms with Crippen molar-refractivity contribution in [2.24, 2.45) is 17.8 Å². The van der Waals surface area contributed by atoms with Crippen molar-refractivity contribution in [3.05, 3.63) is 100 Å². The van der Waals surface area contributed by atoms with E-state index in [1.807, 2.05) is 43.3 Å². The van der Waals surface area contributed by atoms with Gasteiger partial charge in [0.25, 0.3) is 5.91 Å². The highest BCUT2D eigenvalue weighted by Crippen LogP contribution is 2.50. The number of fused-ring (bicyclic) bond motifs is 4. The van der Waals surface area contributed by atoms with Crippen molar-refractivity contribution in [1.82, 2.24) is 9.71 Å². The number of benzene rings is 2. The Balaban J connectivity index is 1.35. The second kappa shape index (κ2) is 12.2. The predicted molar refractivity (Wildman–Crippen MR) is 183 cm³/mol. The zero-order chi connectivity index (χ0) is 33.0. The van der Waals surface area contributed by atoms with E-state index in [-0.39, 0.29) is 28.7 Å². The Kier molecular flexibility index (Phi) is 8.38. The second-order valence-corrected chi connectivity index (χ2v) is 16.5. The van der Waals surface area contributed by atoms with Crippen LogP contribution in [-0.2, 0) is 27.5 Å². The molecule has 2 aliphatic heterocycles. The smallest absolute Gasteiger partial charge is 0.264 e. The zero-order valence-corrected chi connectivity index (χ0v) is 28.4. The molecule has 6 atom stereocenters. The van der Waals surface area contributed by atoms with Crippen LogP contribution >= 0.6 is 11.6 Å². The fourth-order valence-electron chi connectivity index (χ4n) is 8.14. The molecule has 2 bridgehead atoms. The number of pyridine rings is 1. The highest BCUT2D eigenvalue weighted by Gasteiger charge is 2.49. The number of aliphatic hydroxyl groups is 1. The number of carbonyl (C=O) groups is 1. The van der Waals surface area contributed by atoms with E-state index in [4.69, 9.17) is 16.3 Å². The van der Waals surface area contributed by atoms with Crippen LogP contribution in [0.15, 0.2) is 72.9 Å². The minimum Gasteiger partial charge on any atom is -0.490 e. The first kappa shape index (κ1) is 32.2. The molecule has 1 saturated carbocycles. The van der Waals surface area contributed by atoms with E-state index in [0.29, 0.717) is 37.6 Å². The number of aromatic nitrogens is 1. The molecule has 47 heavy (non-hydrogen) atoms. The molecule has 7 rings (SSSR count). The number of amides is 1. The van der Waals surface area contributed by atoms with E-state index in [1.54, 1.807) is 31.3 Å². The Morgan fingerprint density at radius 1 is 1.11 bits per heavy atom. The number of hydrogen-bond acceptors (Lipinski definition) is 7. The van der Waals surface area contributed by atoms with Gasteiger partial charge >= 0.3 is 0 Å². The molecule has 8 nitrogen and oxygen atoms in total. The van der Waals surface area contributed by atoms with Crippen molar-refractivity contribution >= 4 is 33.2 Å². The maximum atomic E-state index is 13.5. The summed E-state index contributed by atoms with van der Waals surface area (Å²) in [7, 11) is -3.99. The molecule has 0 radical (unpaired) electrons. The fraction of sp³-hybridized carbons (Fsp3) is 0.459. The summed E-state index contributed by atoms with van der Waals surface area (Å²) in [6, 6.07) is 16.9. The van der Waals surface area contributed by atoms with Crippen LogP contribution in [0.2, 0.25) is 5.02 Å². The Labute approximate surface area is 282 Å². The molecule has 0 unspecified atom stereocenters. The fourth-order valence-corrected chi connectivity index (χ4v) is 9.62. The van der Waals surface area contributed by atoms with Crippen molar-refractivity contribution < 1.29 is 23.1 Å². The van der Waals surface area contributed by atoms with Gasteiger partial charge in [-0.15, -0.1) is 0 Å².